The number of amides is 2. The maximum atomic E-state index is 12.3. The number of aliphatic carboxylic acids is 1. The maximum Gasteiger partial charge on any atom is 0.353 e. The Morgan fingerprint density at radius 1 is 1.34 bits per heavy atom. The quantitative estimate of drug-likeness (QED) is 0.507. The fraction of sp³-hybridized carbons (Fsp3) is 0.421. The van der Waals surface area contributed by atoms with E-state index in [4.69, 9.17) is 22.4 Å². The van der Waals surface area contributed by atoms with E-state index in [9.17, 15) is 19.5 Å². The number of fused-ring (bicyclic) bond motifs is 1. The zero-order valence-electron chi connectivity index (χ0n) is 15.9. The molecule has 0 aliphatic carbocycles. The van der Waals surface area contributed by atoms with Crippen molar-refractivity contribution in [3.63, 3.8) is 0 Å². The number of benzene rings is 1. The first kappa shape index (κ1) is 24.9. The molecule has 0 saturated carbocycles. The Hall–Kier alpha value is -2.13. The highest BCUT2D eigenvalue weighted by molar-refractivity contribution is 6.32. The van der Waals surface area contributed by atoms with Gasteiger partial charge in [-0.3, -0.25) is 14.5 Å². The van der Waals surface area contributed by atoms with Crippen molar-refractivity contribution < 1.29 is 24.6 Å². The molecule has 29 heavy (non-hydrogen) atoms. The molecule has 3 atom stereocenters. The highest BCUT2D eigenvalue weighted by Gasteiger charge is 2.53. The van der Waals surface area contributed by atoms with Crippen LogP contribution >= 0.6 is 24.0 Å². The highest BCUT2D eigenvalue weighted by atomic mass is 35.5. The molecule has 2 aliphatic rings. The van der Waals surface area contributed by atoms with E-state index in [1.807, 2.05) is 13.0 Å². The van der Waals surface area contributed by atoms with Crippen molar-refractivity contribution in [3.8, 4) is 0 Å². The van der Waals surface area contributed by atoms with Crippen LogP contribution in [0.5, 0.6) is 0 Å². The van der Waals surface area contributed by atoms with Gasteiger partial charge in [0.05, 0.1) is 6.04 Å². The van der Waals surface area contributed by atoms with Gasteiger partial charge < -0.3 is 21.3 Å². The third-order valence-corrected chi connectivity index (χ3v) is 4.91. The van der Waals surface area contributed by atoms with Gasteiger partial charge in [0.2, 0.25) is 5.91 Å². The molecule has 2 aliphatic heterocycles. The summed E-state index contributed by atoms with van der Waals surface area (Å²) in [6.45, 7) is 2.25. The first-order valence-corrected chi connectivity index (χ1v) is 9.38. The number of hydrogen-bond acceptors (Lipinski definition) is 5. The van der Waals surface area contributed by atoms with Crippen molar-refractivity contribution >= 4 is 41.8 Å². The number of carbonyl (C=O) groups is 3. The van der Waals surface area contributed by atoms with Gasteiger partial charge in [0.25, 0.3) is 5.91 Å². The van der Waals surface area contributed by atoms with E-state index in [-0.39, 0.29) is 23.1 Å². The fourth-order valence-electron chi connectivity index (χ4n) is 3.07. The van der Waals surface area contributed by atoms with Crippen molar-refractivity contribution in [2.75, 3.05) is 6.61 Å². The largest absolute Gasteiger partial charge is 0.477 e. The van der Waals surface area contributed by atoms with Gasteiger partial charge in [0.1, 0.15) is 17.8 Å². The van der Waals surface area contributed by atoms with E-state index in [2.05, 4.69) is 5.32 Å². The summed E-state index contributed by atoms with van der Waals surface area (Å²) in [6.07, 6.45) is 1.72. The van der Waals surface area contributed by atoms with Crippen LogP contribution in [0.15, 0.2) is 41.1 Å². The molecule has 0 unspecified atom stereocenters. The summed E-state index contributed by atoms with van der Waals surface area (Å²) in [5, 5.41) is 19.9. The van der Waals surface area contributed by atoms with Gasteiger partial charge in [-0.1, -0.05) is 48.9 Å². The van der Waals surface area contributed by atoms with E-state index in [0.29, 0.717) is 25.0 Å². The molecule has 0 radical (unpaired) electrons. The van der Waals surface area contributed by atoms with E-state index < -0.39 is 35.9 Å². The van der Waals surface area contributed by atoms with Gasteiger partial charge in [0.15, 0.2) is 0 Å². The number of halogens is 2. The SMILES string of the molecule is CCCO.Cl.N[C@@H](C(=O)N[C@@H]1C(=O)N2C(C(=O)O)=C(Cl)CC[C@H]12)c1ccccc1. The minimum Gasteiger partial charge on any atom is -0.477 e. The number of nitrogens with two attached hydrogens (primary N) is 1. The summed E-state index contributed by atoms with van der Waals surface area (Å²) in [6, 6.07) is 6.74. The third kappa shape index (κ3) is 5.48. The molecule has 8 nitrogen and oxygen atoms in total. The van der Waals surface area contributed by atoms with Gasteiger partial charge in [-0.05, 0) is 24.8 Å². The Bertz CT molecular complexity index is 770. The lowest BCUT2D eigenvalue weighted by atomic mass is 9.86. The van der Waals surface area contributed by atoms with Crippen LogP contribution in [0.25, 0.3) is 0 Å². The first-order valence-electron chi connectivity index (χ1n) is 9.00. The minimum atomic E-state index is -1.25. The van der Waals surface area contributed by atoms with Crippen molar-refractivity contribution in [1.82, 2.24) is 10.2 Å². The number of β-lactam (4-membered cyclic amide) rings is 1. The van der Waals surface area contributed by atoms with E-state index in [0.717, 1.165) is 11.3 Å². The first-order chi connectivity index (χ1) is 13.3. The molecule has 1 saturated heterocycles. The van der Waals surface area contributed by atoms with Crippen molar-refractivity contribution in [3.05, 3.63) is 46.6 Å². The number of rotatable bonds is 5. The second-order valence-electron chi connectivity index (χ2n) is 6.47. The third-order valence-electron chi connectivity index (χ3n) is 4.54. The summed E-state index contributed by atoms with van der Waals surface area (Å²) in [4.78, 5) is 37.0. The van der Waals surface area contributed by atoms with Crippen molar-refractivity contribution in [2.45, 2.75) is 44.3 Å². The number of aliphatic hydroxyl groups excluding tert-OH is 1. The summed E-state index contributed by atoms with van der Waals surface area (Å²) < 4.78 is 0. The number of nitrogens with zero attached hydrogens (tertiary/aromatic N) is 1. The van der Waals surface area contributed by atoms with Gasteiger partial charge in [-0.15, -0.1) is 12.4 Å². The molecular formula is C19H25Cl2N3O5. The minimum absolute atomic E-state index is 0. The lowest BCUT2D eigenvalue weighted by Gasteiger charge is -2.49. The molecule has 10 heteroatoms. The molecule has 5 N–H and O–H groups in total. The zero-order valence-corrected chi connectivity index (χ0v) is 17.4. The number of carboxylic acids is 1. The Balaban J connectivity index is 0.000000771. The van der Waals surface area contributed by atoms with Crippen LogP contribution in [-0.4, -0.2) is 51.6 Å². The average molecular weight is 446 g/mol. The summed E-state index contributed by atoms with van der Waals surface area (Å²) in [5.41, 5.74) is 6.35. The van der Waals surface area contributed by atoms with Gasteiger partial charge >= 0.3 is 5.97 Å². The van der Waals surface area contributed by atoms with Crippen LogP contribution in [-0.2, 0) is 14.4 Å². The summed E-state index contributed by atoms with van der Waals surface area (Å²) >= 11 is 5.92. The number of allylic oxidation sites excluding steroid dienone is 1. The Morgan fingerprint density at radius 2 is 1.93 bits per heavy atom. The molecule has 3 rings (SSSR count). The number of aliphatic hydroxyl groups is 1. The lowest BCUT2D eigenvalue weighted by Crippen LogP contribution is -2.72. The fourth-order valence-corrected chi connectivity index (χ4v) is 3.35. The summed E-state index contributed by atoms with van der Waals surface area (Å²) in [5.74, 6) is -2.20. The molecule has 2 heterocycles. The Morgan fingerprint density at radius 3 is 2.45 bits per heavy atom. The normalized spacial score (nSPS) is 21.0. The lowest BCUT2D eigenvalue weighted by molar-refractivity contribution is -0.156. The van der Waals surface area contributed by atoms with Crippen molar-refractivity contribution in [1.29, 1.82) is 0 Å². The monoisotopic (exact) mass is 445 g/mol. The topological polar surface area (TPSA) is 133 Å². The molecule has 1 aromatic rings. The number of carboxylic acid groups (broad SMARTS) is 1. The van der Waals surface area contributed by atoms with Crippen LogP contribution in [0.3, 0.4) is 0 Å². The number of carbonyl (C=O) groups excluding carboxylic acids is 2. The van der Waals surface area contributed by atoms with Gasteiger partial charge in [-0.25, -0.2) is 4.79 Å². The van der Waals surface area contributed by atoms with E-state index >= 15 is 0 Å². The van der Waals surface area contributed by atoms with Gasteiger partial charge in [0, 0.05) is 11.6 Å². The maximum absolute atomic E-state index is 12.3. The molecule has 160 valence electrons. The predicted molar refractivity (Wildman–Crippen MR) is 110 cm³/mol. The Labute approximate surface area is 180 Å². The second kappa shape index (κ2) is 11.2. The van der Waals surface area contributed by atoms with Crippen LogP contribution in [0, 0.1) is 0 Å². The molecule has 2 amide bonds. The number of hydrogen-bond donors (Lipinski definition) is 4. The molecule has 0 bridgehead atoms. The molecule has 1 fully saturated rings. The number of nitrogens with one attached hydrogen (secondary N) is 1. The highest BCUT2D eigenvalue weighted by Crippen LogP contribution is 2.38. The molecular weight excluding hydrogens is 421 g/mol. The van der Waals surface area contributed by atoms with Crippen LogP contribution < -0.4 is 11.1 Å². The molecule has 1 aromatic carbocycles. The predicted octanol–water partition coefficient (Wildman–Crippen LogP) is 1.52. The van der Waals surface area contributed by atoms with Crippen molar-refractivity contribution in [2.24, 2.45) is 5.73 Å². The van der Waals surface area contributed by atoms with E-state index in [1.54, 1.807) is 24.3 Å². The molecule has 0 spiro atoms. The Kier molecular flexibility index (Phi) is 9.58. The van der Waals surface area contributed by atoms with Gasteiger partial charge in [-0.2, -0.15) is 0 Å². The van der Waals surface area contributed by atoms with Crippen LogP contribution in [0.1, 0.15) is 37.8 Å². The van der Waals surface area contributed by atoms with E-state index in [1.165, 1.54) is 0 Å². The molecule has 0 aromatic heterocycles. The average Bonchev–Trinajstić information content (AvgIpc) is 2.71. The second-order valence-corrected chi connectivity index (χ2v) is 6.93. The standard InChI is InChI=1S/C16H16ClN3O4.C3H8O.ClH/c17-9-6-7-10-12(15(22)20(10)13(9)16(23)24)19-14(21)11(18)8-4-2-1-3-5-8;1-2-3-4;/h1-5,10-12H,6-7,18H2,(H,19,21)(H,23,24);4H,2-3H2,1H3;1H/t10-,11-,12+;;/m1../s1. The van der Waals surface area contributed by atoms with Crippen LogP contribution in [0.2, 0.25) is 0 Å². The smallest absolute Gasteiger partial charge is 0.353 e. The summed E-state index contributed by atoms with van der Waals surface area (Å²) in [7, 11) is 0. The zero-order chi connectivity index (χ0) is 20.8. The van der Waals surface area contributed by atoms with Crippen LogP contribution in [0.4, 0.5) is 0 Å².